The number of thioether (sulfide) groups is 1. The normalized spacial score (nSPS) is 11.6. The molecule has 2 aromatic rings. The number of rotatable bonds is 10. The minimum atomic E-state index is -0.612. The Labute approximate surface area is 175 Å². The van der Waals surface area contributed by atoms with Crippen LogP contribution in [0.3, 0.4) is 0 Å². The van der Waals surface area contributed by atoms with Gasteiger partial charge in [-0.1, -0.05) is 30.3 Å². The second kappa shape index (κ2) is 11.5. The van der Waals surface area contributed by atoms with E-state index in [-0.39, 0.29) is 23.4 Å². The van der Waals surface area contributed by atoms with Crippen LogP contribution < -0.4 is 10.1 Å². The van der Waals surface area contributed by atoms with Crippen molar-refractivity contribution in [2.75, 3.05) is 19.4 Å². The molecule has 2 aromatic carbocycles. The van der Waals surface area contributed by atoms with E-state index in [1.165, 1.54) is 17.8 Å². The smallest absolute Gasteiger partial charge is 0.242 e. The number of nitrogens with one attached hydrogen (secondary N) is 1. The lowest BCUT2D eigenvalue weighted by molar-refractivity contribution is -0.138. The molecule has 0 saturated heterocycles. The molecule has 7 heteroatoms. The van der Waals surface area contributed by atoms with E-state index in [4.69, 9.17) is 4.74 Å². The maximum atomic E-state index is 13.8. The Balaban J connectivity index is 2.06. The van der Waals surface area contributed by atoms with Crippen LogP contribution in [0.15, 0.2) is 48.5 Å². The summed E-state index contributed by atoms with van der Waals surface area (Å²) in [6.07, 6.45) is 0. The number of carbonyl (C=O) groups excluding carboxylic acids is 2. The van der Waals surface area contributed by atoms with Gasteiger partial charge in [-0.05, 0) is 43.2 Å². The fraction of sp³-hybridized carbons (Fsp3) is 0.364. The number of halogens is 1. The van der Waals surface area contributed by atoms with Crippen molar-refractivity contribution in [3.8, 4) is 5.75 Å². The van der Waals surface area contributed by atoms with E-state index in [0.29, 0.717) is 24.4 Å². The summed E-state index contributed by atoms with van der Waals surface area (Å²) < 4.78 is 18.9. The number of benzene rings is 2. The molecule has 0 aliphatic carbocycles. The lowest BCUT2D eigenvalue weighted by atomic mass is 10.1. The Bertz CT molecular complexity index is 814. The second-order valence-electron chi connectivity index (χ2n) is 6.52. The lowest BCUT2D eigenvalue weighted by Gasteiger charge is -2.28. The molecule has 0 aliphatic rings. The Morgan fingerprint density at radius 3 is 2.48 bits per heavy atom. The fourth-order valence-corrected chi connectivity index (χ4v) is 3.68. The topological polar surface area (TPSA) is 58.6 Å². The second-order valence-corrected chi connectivity index (χ2v) is 7.51. The molecule has 1 atom stereocenters. The van der Waals surface area contributed by atoms with Crippen molar-refractivity contribution in [2.24, 2.45) is 0 Å². The van der Waals surface area contributed by atoms with Crippen LogP contribution in [0.4, 0.5) is 4.39 Å². The minimum Gasteiger partial charge on any atom is -0.497 e. The molecule has 5 nitrogen and oxygen atoms in total. The largest absolute Gasteiger partial charge is 0.497 e. The van der Waals surface area contributed by atoms with Crippen molar-refractivity contribution in [3.63, 3.8) is 0 Å². The first-order chi connectivity index (χ1) is 14.0. The molecule has 0 saturated carbocycles. The molecular formula is C22H27FN2O3S. The number of carbonyl (C=O) groups is 2. The average Bonchev–Trinajstić information content (AvgIpc) is 2.73. The average molecular weight is 419 g/mol. The first kappa shape index (κ1) is 22.7. The van der Waals surface area contributed by atoms with Gasteiger partial charge in [0.25, 0.3) is 0 Å². The van der Waals surface area contributed by atoms with Crippen LogP contribution >= 0.6 is 11.8 Å². The molecule has 2 amide bonds. The van der Waals surface area contributed by atoms with Gasteiger partial charge in [-0.15, -0.1) is 11.8 Å². The number of methoxy groups -OCH3 is 1. The Morgan fingerprint density at radius 1 is 1.17 bits per heavy atom. The van der Waals surface area contributed by atoms with Gasteiger partial charge < -0.3 is 15.0 Å². The van der Waals surface area contributed by atoms with Gasteiger partial charge in [0.2, 0.25) is 11.8 Å². The highest BCUT2D eigenvalue weighted by Gasteiger charge is 2.25. The van der Waals surface area contributed by atoms with Gasteiger partial charge >= 0.3 is 0 Å². The Kier molecular flexibility index (Phi) is 8.99. The highest BCUT2D eigenvalue weighted by molar-refractivity contribution is 7.99. The zero-order valence-corrected chi connectivity index (χ0v) is 17.8. The molecule has 0 heterocycles. The first-order valence-electron chi connectivity index (χ1n) is 9.47. The SMILES string of the molecule is CCNC(=O)C(C)N(Cc1ccc(OC)cc1)C(=O)CSCc1ccccc1F. The number of hydrogen-bond donors (Lipinski definition) is 1. The molecule has 1 N–H and O–H groups in total. The summed E-state index contributed by atoms with van der Waals surface area (Å²) in [7, 11) is 1.59. The standard InChI is InChI=1S/C22H27FN2O3S/c1-4-24-22(27)16(2)25(13-17-9-11-19(28-3)12-10-17)21(26)15-29-14-18-7-5-6-8-20(18)23/h5-12,16H,4,13-15H2,1-3H3,(H,24,27). The van der Waals surface area contributed by atoms with Crippen molar-refractivity contribution in [3.05, 3.63) is 65.5 Å². The number of ether oxygens (including phenoxy) is 1. The zero-order valence-electron chi connectivity index (χ0n) is 17.0. The predicted molar refractivity (Wildman–Crippen MR) is 114 cm³/mol. The van der Waals surface area contributed by atoms with Crippen molar-refractivity contribution >= 4 is 23.6 Å². The van der Waals surface area contributed by atoms with Gasteiger partial charge in [-0.2, -0.15) is 0 Å². The number of likely N-dealkylation sites (N-methyl/N-ethyl adjacent to an activating group) is 1. The molecule has 0 aliphatic heterocycles. The molecule has 2 rings (SSSR count). The summed E-state index contributed by atoms with van der Waals surface area (Å²) in [6, 6.07) is 13.3. The van der Waals surface area contributed by atoms with E-state index in [1.54, 1.807) is 37.1 Å². The number of hydrogen-bond acceptors (Lipinski definition) is 4. The highest BCUT2D eigenvalue weighted by Crippen LogP contribution is 2.19. The van der Waals surface area contributed by atoms with E-state index in [9.17, 15) is 14.0 Å². The summed E-state index contributed by atoms with van der Waals surface area (Å²) in [5, 5.41) is 2.76. The van der Waals surface area contributed by atoms with E-state index >= 15 is 0 Å². The summed E-state index contributed by atoms with van der Waals surface area (Å²) in [6.45, 7) is 4.36. The maximum Gasteiger partial charge on any atom is 0.242 e. The number of amides is 2. The van der Waals surface area contributed by atoms with Crippen molar-refractivity contribution in [1.82, 2.24) is 10.2 Å². The summed E-state index contributed by atoms with van der Waals surface area (Å²) in [5.41, 5.74) is 1.46. The summed E-state index contributed by atoms with van der Waals surface area (Å²) in [5.74, 6) is 0.634. The van der Waals surface area contributed by atoms with E-state index < -0.39 is 6.04 Å². The molecule has 156 valence electrons. The van der Waals surface area contributed by atoms with Gasteiger partial charge in [0.15, 0.2) is 0 Å². The molecule has 0 aromatic heterocycles. The fourth-order valence-electron chi connectivity index (χ4n) is 2.78. The third-order valence-electron chi connectivity index (χ3n) is 4.47. The van der Waals surface area contributed by atoms with Gasteiger partial charge in [-0.3, -0.25) is 9.59 Å². The van der Waals surface area contributed by atoms with Crippen molar-refractivity contribution in [2.45, 2.75) is 32.2 Å². The third-order valence-corrected chi connectivity index (χ3v) is 5.44. The van der Waals surface area contributed by atoms with Crippen LogP contribution in [-0.4, -0.2) is 42.2 Å². The molecule has 0 spiro atoms. The van der Waals surface area contributed by atoms with Crippen LogP contribution in [0.1, 0.15) is 25.0 Å². The van der Waals surface area contributed by atoms with E-state index in [2.05, 4.69) is 5.32 Å². The van der Waals surface area contributed by atoms with Crippen LogP contribution in [-0.2, 0) is 21.9 Å². The van der Waals surface area contributed by atoms with Crippen LogP contribution in [0.25, 0.3) is 0 Å². The van der Waals surface area contributed by atoms with Gasteiger partial charge in [0.05, 0.1) is 12.9 Å². The lowest BCUT2D eigenvalue weighted by Crippen LogP contribution is -2.48. The first-order valence-corrected chi connectivity index (χ1v) is 10.6. The Morgan fingerprint density at radius 2 is 1.86 bits per heavy atom. The van der Waals surface area contributed by atoms with Crippen molar-refractivity contribution in [1.29, 1.82) is 0 Å². The molecule has 0 radical (unpaired) electrons. The van der Waals surface area contributed by atoms with Gasteiger partial charge in [-0.25, -0.2) is 4.39 Å². The minimum absolute atomic E-state index is 0.161. The van der Waals surface area contributed by atoms with Gasteiger partial charge in [0, 0.05) is 18.8 Å². The quantitative estimate of drug-likeness (QED) is 0.640. The van der Waals surface area contributed by atoms with Gasteiger partial charge in [0.1, 0.15) is 17.6 Å². The highest BCUT2D eigenvalue weighted by atomic mass is 32.2. The number of nitrogens with zero attached hydrogens (tertiary/aromatic N) is 1. The van der Waals surface area contributed by atoms with Crippen molar-refractivity contribution < 1.29 is 18.7 Å². The zero-order chi connectivity index (χ0) is 21.2. The maximum absolute atomic E-state index is 13.8. The monoisotopic (exact) mass is 418 g/mol. The van der Waals surface area contributed by atoms with E-state index in [1.807, 2.05) is 31.2 Å². The molecule has 0 fully saturated rings. The van der Waals surface area contributed by atoms with Crippen LogP contribution in [0, 0.1) is 5.82 Å². The molecular weight excluding hydrogens is 391 g/mol. The molecule has 0 bridgehead atoms. The Hall–Kier alpha value is -2.54. The van der Waals surface area contributed by atoms with Crippen LogP contribution in [0.2, 0.25) is 0 Å². The molecule has 29 heavy (non-hydrogen) atoms. The third kappa shape index (κ3) is 6.78. The summed E-state index contributed by atoms with van der Waals surface area (Å²) >= 11 is 1.33. The van der Waals surface area contributed by atoms with Crippen LogP contribution in [0.5, 0.6) is 5.75 Å². The predicted octanol–water partition coefficient (Wildman–Crippen LogP) is 3.62. The molecule has 1 unspecified atom stereocenters. The van der Waals surface area contributed by atoms with E-state index in [0.717, 1.165) is 11.3 Å². The summed E-state index contributed by atoms with van der Waals surface area (Å²) in [4.78, 5) is 26.8.